The quantitative estimate of drug-likeness (QED) is 0.729. The standard InChI is InChI=1S/C17H23N3O3/c1-11(2)7-13-9-15(20-19-13)17(22)18-10-16(21)12-5-4-6-14(8-12)23-3/h4-6,8-9,11,16,21H,7,10H2,1-3H3,(H,18,22)(H,19,20). The fourth-order valence-electron chi connectivity index (χ4n) is 2.27. The number of rotatable bonds is 7. The molecule has 1 aromatic carbocycles. The molecule has 0 saturated heterocycles. The van der Waals surface area contributed by atoms with Gasteiger partial charge in [-0.25, -0.2) is 0 Å². The van der Waals surface area contributed by atoms with Crippen LogP contribution in [-0.2, 0) is 6.42 Å². The summed E-state index contributed by atoms with van der Waals surface area (Å²) in [6.45, 7) is 4.31. The molecule has 1 atom stereocenters. The normalized spacial score (nSPS) is 12.2. The van der Waals surface area contributed by atoms with Gasteiger partial charge in [0, 0.05) is 12.2 Å². The number of carbonyl (C=O) groups is 1. The van der Waals surface area contributed by atoms with Crippen LogP contribution in [-0.4, -0.2) is 34.9 Å². The minimum Gasteiger partial charge on any atom is -0.497 e. The van der Waals surface area contributed by atoms with E-state index in [9.17, 15) is 9.90 Å². The van der Waals surface area contributed by atoms with E-state index in [1.807, 2.05) is 0 Å². The second-order valence-corrected chi connectivity index (χ2v) is 5.88. The number of hydrogen-bond acceptors (Lipinski definition) is 4. The summed E-state index contributed by atoms with van der Waals surface area (Å²) in [7, 11) is 1.57. The number of methoxy groups -OCH3 is 1. The summed E-state index contributed by atoms with van der Waals surface area (Å²) in [5.41, 5.74) is 1.95. The average molecular weight is 317 g/mol. The van der Waals surface area contributed by atoms with E-state index in [0.29, 0.717) is 22.9 Å². The van der Waals surface area contributed by atoms with Gasteiger partial charge in [0.25, 0.3) is 5.91 Å². The number of nitrogens with one attached hydrogen (secondary N) is 2. The predicted molar refractivity (Wildman–Crippen MR) is 87.4 cm³/mol. The molecule has 2 rings (SSSR count). The van der Waals surface area contributed by atoms with Crippen molar-refractivity contribution in [1.29, 1.82) is 0 Å². The third kappa shape index (κ3) is 4.82. The van der Waals surface area contributed by atoms with Crippen molar-refractivity contribution in [3.63, 3.8) is 0 Å². The maximum absolute atomic E-state index is 12.1. The Balaban J connectivity index is 1.91. The maximum atomic E-state index is 12.1. The molecule has 0 saturated carbocycles. The van der Waals surface area contributed by atoms with Gasteiger partial charge in [-0.15, -0.1) is 0 Å². The number of nitrogens with zero attached hydrogens (tertiary/aromatic N) is 1. The lowest BCUT2D eigenvalue weighted by Gasteiger charge is -2.12. The number of ether oxygens (including phenoxy) is 1. The topological polar surface area (TPSA) is 87.2 Å². The first-order valence-corrected chi connectivity index (χ1v) is 7.64. The van der Waals surface area contributed by atoms with E-state index >= 15 is 0 Å². The monoisotopic (exact) mass is 317 g/mol. The second-order valence-electron chi connectivity index (χ2n) is 5.88. The molecule has 1 heterocycles. The van der Waals surface area contributed by atoms with Crippen molar-refractivity contribution in [1.82, 2.24) is 15.5 Å². The molecule has 1 unspecified atom stereocenters. The lowest BCUT2D eigenvalue weighted by molar-refractivity contribution is 0.0911. The van der Waals surface area contributed by atoms with E-state index in [1.165, 1.54) is 0 Å². The molecule has 0 spiro atoms. The van der Waals surface area contributed by atoms with Gasteiger partial charge in [0.15, 0.2) is 0 Å². The lowest BCUT2D eigenvalue weighted by atomic mass is 10.1. The Bertz CT molecular complexity index is 652. The minimum absolute atomic E-state index is 0.109. The fraction of sp³-hybridized carbons (Fsp3) is 0.412. The Morgan fingerprint density at radius 2 is 2.17 bits per heavy atom. The van der Waals surface area contributed by atoms with Gasteiger partial charge in [-0.1, -0.05) is 26.0 Å². The zero-order valence-corrected chi connectivity index (χ0v) is 13.7. The Morgan fingerprint density at radius 3 is 2.87 bits per heavy atom. The molecule has 23 heavy (non-hydrogen) atoms. The Hall–Kier alpha value is -2.34. The van der Waals surface area contributed by atoms with Gasteiger partial charge in [0.05, 0.1) is 13.2 Å². The maximum Gasteiger partial charge on any atom is 0.271 e. The summed E-state index contributed by atoms with van der Waals surface area (Å²) >= 11 is 0. The van der Waals surface area contributed by atoms with Crippen molar-refractivity contribution in [3.8, 4) is 5.75 Å². The first kappa shape index (κ1) is 17.0. The number of H-pyrrole nitrogens is 1. The van der Waals surface area contributed by atoms with Gasteiger partial charge < -0.3 is 15.2 Å². The van der Waals surface area contributed by atoms with Crippen LogP contribution in [0, 0.1) is 5.92 Å². The van der Waals surface area contributed by atoms with Crippen molar-refractivity contribution in [3.05, 3.63) is 47.3 Å². The van der Waals surface area contributed by atoms with E-state index in [1.54, 1.807) is 37.4 Å². The van der Waals surface area contributed by atoms with Gasteiger partial charge in [-0.2, -0.15) is 5.10 Å². The Morgan fingerprint density at radius 1 is 1.39 bits per heavy atom. The molecule has 0 radical (unpaired) electrons. The molecule has 0 bridgehead atoms. The summed E-state index contributed by atoms with van der Waals surface area (Å²) in [4.78, 5) is 12.1. The number of benzene rings is 1. The summed E-state index contributed by atoms with van der Waals surface area (Å²) < 4.78 is 5.12. The van der Waals surface area contributed by atoms with Gasteiger partial charge >= 0.3 is 0 Å². The number of aromatic amines is 1. The molecule has 124 valence electrons. The van der Waals surface area contributed by atoms with Crippen molar-refractivity contribution in [2.45, 2.75) is 26.4 Å². The van der Waals surface area contributed by atoms with E-state index in [2.05, 4.69) is 29.4 Å². The van der Waals surface area contributed by atoms with Gasteiger partial charge in [-0.05, 0) is 36.1 Å². The zero-order chi connectivity index (χ0) is 16.8. The third-order valence-corrected chi connectivity index (χ3v) is 3.43. The number of aliphatic hydroxyl groups is 1. The SMILES string of the molecule is COc1cccc(C(O)CNC(=O)c2cc(CC(C)C)[nH]n2)c1. The number of aromatic nitrogens is 2. The lowest BCUT2D eigenvalue weighted by Crippen LogP contribution is -2.28. The first-order valence-electron chi connectivity index (χ1n) is 7.64. The van der Waals surface area contributed by atoms with Gasteiger partial charge in [0.1, 0.15) is 11.4 Å². The third-order valence-electron chi connectivity index (χ3n) is 3.43. The van der Waals surface area contributed by atoms with Crippen molar-refractivity contribution in [2.24, 2.45) is 5.92 Å². The molecule has 0 aliphatic carbocycles. The van der Waals surface area contributed by atoms with Crippen LogP contribution >= 0.6 is 0 Å². The average Bonchev–Trinajstić information content (AvgIpc) is 3.00. The zero-order valence-electron chi connectivity index (χ0n) is 13.7. The molecule has 6 heteroatoms. The number of amides is 1. The van der Waals surface area contributed by atoms with Gasteiger partial charge in [-0.3, -0.25) is 9.89 Å². The van der Waals surface area contributed by atoms with Crippen molar-refractivity contribution in [2.75, 3.05) is 13.7 Å². The molecule has 1 amide bonds. The molecule has 1 aromatic heterocycles. The molecule has 0 aliphatic rings. The highest BCUT2D eigenvalue weighted by Gasteiger charge is 2.14. The summed E-state index contributed by atoms with van der Waals surface area (Å²) in [5.74, 6) is 0.845. The number of hydrogen-bond donors (Lipinski definition) is 3. The van der Waals surface area contributed by atoms with E-state index in [4.69, 9.17) is 4.74 Å². The highest BCUT2D eigenvalue weighted by molar-refractivity contribution is 5.92. The smallest absolute Gasteiger partial charge is 0.271 e. The first-order chi connectivity index (χ1) is 11.0. The highest BCUT2D eigenvalue weighted by Crippen LogP contribution is 2.18. The van der Waals surface area contributed by atoms with Crippen LogP contribution in [0.4, 0.5) is 0 Å². The molecular weight excluding hydrogens is 294 g/mol. The van der Waals surface area contributed by atoms with Crippen molar-refractivity contribution < 1.29 is 14.6 Å². The predicted octanol–water partition coefficient (Wildman–Crippen LogP) is 2.08. The highest BCUT2D eigenvalue weighted by atomic mass is 16.5. The van der Waals surface area contributed by atoms with Crippen LogP contribution in [0.15, 0.2) is 30.3 Å². The second kappa shape index (κ2) is 7.78. The largest absolute Gasteiger partial charge is 0.497 e. The molecule has 0 fully saturated rings. The molecule has 0 aliphatic heterocycles. The van der Waals surface area contributed by atoms with Crippen LogP contribution < -0.4 is 10.1 Å². The molecule has 3 N–H and O–H groups in total. The molecular formula is C17H23N3O3. The summed E-state index contributed by atoms with van der Waals surface area (Å²) in [6.07, 6.45) is 0.0373. The fourth-order valence-corrected chi connectivity index (χ4v) is 2.27. The van der Waals surface area contributed by atoms with Crippen LogP contribution in [0.2, 0.25) is 0 Å². The van der Waals surface area contributed by atoms with Gasteiger partial charge in [0.2, 0.25) is 0 Å². The minimum atomic E-state index is -0.803. The molecule has 2 aromatic rings. The van der Waals surface area contributed by atoms with Crippen LogP contribution in [0.5, 0.6) is 5.75 Å². The van der Waals surface area contributed by atoms with Crippen LogP contribution in [0.25, 0.3) is 0 Å². The van der Waals surface area contributed by atoms with E-state index in [-0.39, 0.29) is 12.5 Å². The van der Waals surface area contributed by atoms with E-state index < -0.39 is 6.10 Å². The van der Waals surface area contributed by atoms with Crippen LogP contribution in [0.3, 0.4) is 0 Å². The Kier molecular flexibility index (Phi) is 5.76. The van der Waals surface area contributed by atoms with E-state index in [0.717, 1.165) is 12.1 Å². The number of aliphatic hydroxyl groups excluding tert-OH is 1. The molecule has 6 nitrogen and oxygen atoms in total. The number of carbonyl (C=O) groups excluding carboxylic acids is 1. The summed E-state index contributed by atoms with van der Waals surface area (Å²) in [5, 5.41) is 19.7. The Labute approximate surface area is 135 Å². The summed E-state index contributed by atoms with van der Waals surface area (Å²) in [6, 6.07) is 8.87. The van der Waals surface area contributed by atoms with Crippen molar-refractivity contribution >= 4 is 5.91 Å². The van der Waals surface area contributed by atoms with Crippen LogP contribution in [0.1, 0.15) is 41.7 Å².